The van der Waals surface area contributed by atoms with Crippen LogP contribution in [-0.4, -0.2) is 37.4 Å². The fourth-order valence-electron chi connectivity index (χ4n) is 2.55. The SMILES string of the molecule is N#CC1(NC(=O)C2COCCO2)CCCCCC1. The van der Waals surface area contributed by atoms with Crippen molar-refractivity contribution < 1.29 is 14.3 Å². The second-order valence-corrected chi connectivity index (χ2v) is 5.03. The van der Waals surface area contributed by atoms with Gasteiger partial charge >= 0.3 is 0 Å². The van der Waals surface area contributed by atoms with E-state index in [9.17, 15) is 10.1 Å². The Morgan fingerprint density at radius 2 is 1.94 bits per heavy atom. The number of nitrogens with one attached hydrogen (secondary N) is 1. The second kappa shape index (κ2) is 6.17. The number of hydrogen-bond acceptors (Lipinski definition) is 4. The topological polar surface area (TPSA) is 71.4 Å². The van der Waals surface area contributed by atoms with E-state index in [1.165, 1.54) is 0 Å². The summed E-state index contributed by atoms with van der Waals surface area (Å²) < 4.78 is 10.6. The molecule has 0 bridgehead atoms. The normalized spacial score (nSPS) is 27.8. The maximum Gasteiger partial charge on any atom is 0.252 e. The number of amides is 1. The Hall–Kier alpha value is -1.12. The molecule has 1 N–H and O–H groups in total. The largest absolute Gasteiger partial charge is 0.376 e. The molecule has 18 heavy (non-hydrogen) atoms. The highest BCUT2D eigenvalue weighted by Gasteiger charge is 2.35. The molecule has 0 radical (unpaired) electrons. The molecule has 1 unspecified atom stereocenters. The second-order valence-electron chi connectivity index (χ2n) is 5.03. The zero-order valence-electron chi connectivity index (χ0n) is 10.6. The van der Waals surface area contributed by atoms with Crippen LogP contribution in [0.3, 0.4) is 0 Å². The van der Waals surface area contributed by atoms with Crippen molar-refractivity contribution >= 4 is 5.91 Å². The molecular weight excluding hydrogens is 232 g/mol. The van der Waals surface area contributed by atoms with E-state index in [-0.39, 0.29) is 12.5 Å². The Kier molecular flexibility index (Phi) is 4.56. The molecule has 100 valence electrons. The molecule has 5 nitrogen and oxygen atoms in total. The standard InChI is InChI=1S/C13H20N2O3/c14-10-13(5-3-1-2-4-6-13)15-12(16)11-9-17-7-8-18-11/h11H,1-9H2,(H,15,16). The minimum atomic E-state index is -0.700. The first-order valence-electron chi connectivity index (χ1n) is 6.68. The van der Waals surface area contributed by atoms with E-state index in [1.807, 2.05) is 0 Å². The first kappa shape index (κ1) is 13.3. The van der Waals surface area contributed by atoms with E-state index < -0.39 is 11.6 Å². The monoisotopic (exact) mass is 252 g/mol. The van der Waals surface area contributed by atoms with Crippen molar-refractivity contribution in [3.63, 3.8) is 0 Å². The molecular formula is C13H20N2O3. The van der Waals surface area contributed by atoms with E-state index >= 15 is 0 Å². The van der Waals surface area contributed by atoms with E-state index in [0.717, 1.165) is 38.5 Å². The highest BCUT2D eigenvalue weighted by molar-refractivity contribution is 5.82. The van der Waals surface area contributed by atoms with E-state index in [1.54, 1.807) is 0 Å². The van der Waals surface area contributed by atoms with E-state index in [2.05, 4.69) is 11.4 Å². The third-order valence-electron chi connectivity index (χ3n) is 3.64. The summed E-state index contributed by atoms with van der Waals surface area (Å²) in [4.78, 5) is 12.1. The Morgan fingerprint density at radius 3 is 2.50 bits per heavy atom. The number of nitrogens with zero attached hydrogens (tertiary/aromatic N) is 1. The Morgan fingerprint density at radius 1 is 1.22 bits per heavy atom. The van der Waals surface area contributed by atoms with E-state index in [4.69, 9.17) is 9.47 Å². The molecule has 0 aromatic carbocycles. The predicted octanol–water partition coefficient (Wildman–Crippen LogP) is 1.13. The van der Waals surface area contributed by atoms with Gasteiger partial charge in [-0.3, -0.25) is 4.79 Å². The smallest absolute Gasteiger partial charge is 0.252 e. The lowest BCUT2D eigenvalue weighted by molar-refractivity contribution is -0.149. The van der Waals surface area contributed by atoms with Gasteiger partial charge in [-0.2, -0.15) is 5.26 Å². The molecule has 1 aliphatic heterocycles. The first-order chi connectivity index (χ1) is 8.76. The number of rotatable bonds is 2. The summed E-state index contributed by atoms with van der Waals surface area (Å²) in [6, 6.07) is 2.30. The van der Waals surface area contributed by atoms with Crippen molar-refractivity contribution in [2.45, 2.75) is 50.2 Å². The number of nitriles is 1. The summed E-state index contributed by atoms with van der Waals surface area (Å²) in [6.07, 6.45) is 5.19. The zero-order chi connectivity index (χ0) is 12.8. The summed E-state index contributed by atoms with van der Waals surface area (Å²) in [6.45, 7) is 1.26. The van der Waals surface area contributed by atoms with Gasteiger partial charge in [-0.05, 0) is 12.8 Å². The van der Waals surface area contributed by atoms with Crippen LogP contribution in [0.1, 0.15) is 38.5 Å². The van der Waals surface area contributed by atoms with Gasteiger partial charge < -0.3 is 14.8 Å². The van der Waals surface area contributed by atoms with Crippen LogP contribution in [-0.2, 0) is 14.3 Å². The lowest BCUT2D eigenvalue weighted by Gasteiger charge is -2.30. The quantitative estimate of drug-likeness (QED) is 0.748. The molecule has 0 spiro atoms. The minimum absolute atomic E-state index is 0.210. The molecule has 5 heteroatoms. The predicted molar refractivity (Wildman–Crippen MR) is 64.7 cm³/mol. The highest BCUT2D eigenvalue weighted by Crippen LogP contribution is 2.26. The van der Waals surface area contributed by atoms with Crippen LogP contribution in [0.2, 0.25) is 0 Å². The molecule has 0 aromatic rings. The van der Waals surface area contributed by atoms with Crippen LogP contribution in [0, 0.1) is 11.3 Å². The summed E-state index contributed by atoms with van der Waals surface area (Å²) in [7, 11) is 0. The Labute approximate surface area is 107 Å². The average Bonchev–Trinajstić information content (AvgIpc) is 2.66. The fourth-order valence-corrected chi connectivity index (χ4v) is 2.55. The van der Waals surface area contributed by atoms with Gasteiger partial charge in [0.25, 0.3) is 5.91 Å². The minimum Gasteiger partial charge on any atom is -0.376 e. The summed E-state index contributed by atoms with van der Waals surface area (Å²) in [5.41, 5.74) is -0.700. The van der Waals surface area contributed by atoms with Gasteiger partial charge in [-0.1, -0.05) is 25.7 Å². The lowest BCUT2D eigenvalue weighted by atomic mass is 9.91. The van der Waals surface area contributed by atoms with Gasteiger partial charge in [0.1, 0.15) is 5.54 Å². The molecule has 1 amide bonds. The first-order valence-corrected chi connectivity index (χ1v) is 6.68. The molecule has 1 saturated carbocycles. The molecule has 0 aromatic heterocycles. The molecule has 2 rings (SSSR count). The summed E-state index contributed by atoms with van der Waals surface area (Å²) in [5.74, 6) is -0.210. The molecule has 1 saturated heterocycles. The van der Waals surface area contributed by atoms with Gasteiger partial charge in [0.2, 0.25) is 0 Å². The fraction of sp³-hybridized carbons (Fsp3) is 0.846. The van der Waals surface area contributed by atoms with Crippen molar-refractivity contribution in [1.82, 2.24) is 5.32 Å². The van der Waals surface area contributed by atoms with Gasteiger partial charge in [-0.25, -0.2) is 0 Å². The summed E-state index contributed by atoms with van der Waals surface area (Å²) in [5, 5.41) is 12.3. The van der Waals surface area contributed by atoms with Crippen LogP contribution < -0.4 is 5.32 Å². The number of carbonyl (C=O) groups excluding carboxylic acids is 1. The maximum atomic E-state index is 12.1. The van der Waals surface area contributed by atoms with Crippen LogP contribution in [0.4, 0.5) is 0 Å². The third-order valence-corrected chi connectivity index (χ3v) is 3.64. The van der Waals surface area contributed by atoms with Gasteiger partial charge in [-0.15, -0.1) is 0 Å². The molecule has 1 aliphatic carbocycles. The van der Waals surface area contributed by atoms with Crippen LogP contribution in [0.5, 0.6) is 0 Å². The van der Waals surface area contributed by atoms with Gasteiger partial charge in [0.05, 0.1) is 25.9 Å². The van der Waals surface area contributed by atoms with Crippen molar-refractivity contribution in [3.8, 4) is 6.07 Å². The van der Waals surface area contributed by atoms with E-state index in [0.29, 0.717) is 13.2 Å². The van der Waals surface area contributed by atoms with Gasteiger partial charge in [0, 0.05) is 0 Å². The van der Waals surface area contributed by atoms with Crippen molar-refractivity contribution in [2.75, 3.05) is 19.8 Å². The third kappa shape index (κ3) is 3.21. The van der Waals surface area contributed by atoms with Crippen LogP contribution in [0.25, 0.3) is 0 Å². The lowest BCUT2D eigenvalue weighted by Crippen LogP contribution is -2.53. The molecule has 2 fully saturated rings. The van der Waals surface area contributed by atoms with Crippen LogP contribution >= 0.6 is 0 Å². The Bertz CT molecular complexity index is 324. The Balaban J connectivity index is 1.96. The maximum absolute atomic E-state index is 12.1. The molecule has 1 heterocycles. The van der Waals surface area contributed by atoms with Crippen molar-refractivity contribution in [1.29, 1.82) is 5.26 Å². The average molecular weight is 252 g/mol. The highest BCUT2D eigenvalue weighted by atomic mass is 16.6. The van der Waals surface area contributed by atoms with Crippen molar-refractivity contribution in [2.24, 2.45) is 0 Å². The van der Waals surface area contributed by atoms with Gasteiger partial charge in [0.15, 0.2) is 6.10 Å². The number of carbonyl (C=O) groups is 1. The van der Waals surface area contributed by atoms with Crippen LogP contribution in [0.15, 0.2) is 0 Å². The zero-order valence-corrected chi connectivity index (χ0v) is 10.6. The number of hydrogen-bond donors (Lipinski definition) is 1. The van der Waals surface area contributed by atoms with Crippen molar-refractivity contribution in [3.05, 3.63) is 0 Å². The summed E-state index contributed by atoms with van der Waals surface area (Å²) >= 11 is 0. The molecule has 1 atom stereocenters. The number of ether oxygens (including phenoxy) is 2. The molecule has 2 aliphatic rings.